The summed E-state index contributed by atoms with van der Waals surface area (Å²) in [6, 6.07) is 1.75. The lowest BCUT2D eigenvalue weighted by atomic mass is 10.1. The van der Waals surface area contributed by atoms with Crippen LogP contribution in [0.1, 0.15) is 22.8 Å². The van der Waals surface area contributed by atoms with E-state index >= 15 is 0 Å². The highest BCUT2D eigenvalue weighted by Crippen LogP contribution is 2.23. The maximum atomic E-state index is 11.4. The first-order valence-electron chi connectivity index (χ1n) is 4.89. The summed E-state index contributed by atoms with van der Waals surface area (Å²) < 4.78 is 4.65. The van der Waals surface area contributed by atoms with Crippen molar-refractivity contribution < 1.29 is 9.53 Å². The van der Waals surface area contributed by atoms with Gasteiger partial charge in [0.15, 0.2) is 0 Å². The number of nitrogens with zero attached hydrogens (tertiary/aromatic N) is 2. The second kappa shape index (κ2) is 4.79. The highest BCUT2D eigenvalue weighted by atomic mass is 16.5. The van der Waals surface area contributed by atoms with Gasteiger partial charge in [0.2, 0.25) is 0 Å². The summed E-state index contributed by atoms with van der Waals surface area (Å²) in [5.74, 6) is 0.403. The Balaban J connectivity index is 3.28. The van der Waals surface area contributed by atoms with Crippen LogP contribution in [0.25, 0.3) is 5.57 Å². The Labute approximate surface area is 95.6 Å². The first kappa shape index (κ1) is 12.2. The van der Waals surface area contributed by atoms with Gasteiger partial charge in [-0.3, -0.25) is 0 Å². The van der Waals surface area contributed by atoms with Crippen LogP contribution < -0.4 is 4.90 Å². The Morgan fingerprint density at radius 1 is 1.50 bits per heavy atom. The molecular formula is C12H16N2O2. The van der Waals surface area contributed by atoms with Gasteiger partial charge in [0.1, 0.15) is 5.82 Å². The van der Waals surface area contributed by atoms with Crippen LogP contribution in [0, 0.1) is 0 Å². The second-order valence-corrected chi connectivity index (χ2v) is 3.76. The zero-order valence-corrected chi connectivity index (χ0v) is 10.1. The minimum atomic E-state index is -0.389. The highest BCUT2D eigenvalue weighted by molar-refractivity contribution is 5.91. The van der Waals surface area contributed by atoms with E-state index in [1.54, 1.807) is 6.07 Å². The fraction of sp³-hybridized carbons (Fsp3) is 0.333. The molecule has 0 spiro atoms. The van der Waals surface area contributed by atoms with Gasteiger partial charge in [-0.2, -0.15) is 0 Å². The first-order valence-corrected chi connectivity index (χ1v) is 4.89. The summed E-state index contributed by atoms with van der Waals surface area (Å²) >= 11 is 0. The zero-order chi connectivity index (χ0) is 12.3. The van der Waals surface area contributed by atoms with Crippen LogP contribution in [0.4, 0.5) is 5.82 Å². The fourth-order valence-corrected chi connectivity index (χ4v) is 1.36. The Bertz CT molecular complexity index is 425. The van der Waals surface area contributed by atoms with Crippen molar-refractivity contribution in [3.05, 3.63) is 30.0 Å². The number of ether oxygens (including phenoxy) is 1. The Morgan fingerprint density at radius 3 is 2.56 bits per heavy atom. The summed E-state index contributed by atoms with van der Waals surface area (Å²) in [6.07, 6.45) is 1.51. The molecular weight excluding hydrogens is 204 g/mol. The lowest BCUT2D eigenvalue weighted by molar-refractivity contribution is 0.0600. The largest absolute Gasteiger partial charge is 0.465 e. The quantitative estimate of drug-likeness (QED) is 0.730. The molecule has 0 unspecified atom stereocenters. The number of allylic oxidation sites excluding steroid dienone is 1. The van der Waals surface area contributed by atoms with Gasteiger partial charge in [0, 0.05) is 25.9 Å². The monoisotopic (exact) mass is 220 g/mol. The van der Waals surface area contributed by atoms with Gasteiger partial charge in [-0.1, -0.05) is 6.58 Å². The van der Waals surface area contributed by atoms with Crippen molar-refractivity contribution in [1.82, 2.24) is 4.98 Å². The van der Waals surface area contributed by atoms with Crippen molar-refractivity contribution >= 4 is 17.4 Å². The molecule has 1 aromatic rings. The predicted octanol–water partition coefficient (Wildman–Crippen LogP) is 1.97. The molecule has 86 valence electrons. The molecule has 0 aliphatic carbocycles. The molecule has 1 heterocycles. The Hall–Kier alpha value is -1.84. The maximum absolute atomic E-state index is 11.4. The topological polar surface area (TPSA) is 42.4 Å². The number of carbonyl (C=O) groups excluding carboxylic acids is 1. The number of aromatic nitrogens is 1. The molecule has 1 rings (SSSR count). The molecule has 0 amide bonds. The average molecular weight is 220 g/mol. The summed E-state index contributed by atoms with van der Waals surface area (Å²) in [5.41, 5.74) is 2.15. The molecule has 0 fully saturated rings. The second-order valence-electron chi connectivity index (χ2n) is 3.76. The van der Waals surface area contributed by atoms with E-state index < -0.39 is 0 Å². The van der Waals surface area contributed by atoms with Gasteiger partial charge in [-0.15, -0.1) is 0 Å². The van der Waals surface area contributed by atoms with E-state index in [1.807, 2.05) is 25.9 Å². The molecule has 16 heavy (non-hydrogen) atoms. The molecule has 0 radical (unpaired) electrons. The SMILES string of the molecule is C=C(C)c1cc(C(=O)OC)cnc1N(C)C. The Morgan fingerprint density at radius 2 is 2.12 bits per heavy atom. The van der Waals surface area contributed by atoms with Gasteiger partial charge in [-0.25, -0.2) is 9.78 Å². The number of pyridine rings is 1. The molecule has 0 N–H and O–H groups in total. The molecule has 4 nitrogen and oxygen atoms in total. The number of hydrogen-bond donors (Lipinski definition) is 0. The van der Waals surface area contributed by atoms with Crippen molar-refractivity contribution in [1.29, 1.82) is 0 Å². The predicted molar refractivity (Wildman–Crippen MR) is 64.6 cm³/mol. The number of anilines is 1. The van der Waals surface area contributed by atoms with Crippen LogP contribution in [0.3, 0.4) is 0 Å². The standard InChI is InChI=1S/C12H16N2O2/c1-8(2)10-6-9(12(15)16-5)7-13-11(10)14(3)4/h6-7H,1H2,2-5H3. The van der Waals surface area contributed by atoms with E-state index in [-0.39, 0.29) is 5.97 Å². The Kier molecular flexibility index (Phi) is 3.66. The average Bonchev–Trinajstić information content (AvgIpc) is 2.26. The third-order valence-corrected chi connectivity index (χ3v) is 2.17. The number of rotatable bonds is 3. The number of carbonyl (C=O) groups is 1. The minimum absolute atomic E-state index is 0.389. The normalized spacial score (nSPS) is 9.75. The van der Waals surface area contributed by atoms with Gasteiger partial charge in [0.25, 0.3) is 0 Å². The molecule has 0 bridgehead atoms. The number of methoxy groups -OCH3 is 1. The van der Waals surface area contributed by atoms with E-state index in [2.05, 4.69) is 16.3 Å². The number of hydrogen-bond acceptors (Lipinski definition) is 4. The number of esters is 1. The van der Waals surface area contributed by atoms with Crippen molar-refractivity contribution in [2.45, 2.75) is 6.92 Å². The van der Waals surface area contributed by atoms with E-state index in [9.17, 15) is 4.79 Å². The van der Waals surface area contributed by atoms with Crippen molar-refractivity contribution in [2.75, 3.05) is 26.1 Å². The summed E-state index contributed by atoms with van der Waals surface area (Å²) in [4.78, 5) is 17.5. The summed E-state index contributed by atoms with van der Waals surface area (Å²) in [6.45, 7) is 5.76. The van der Waals surface area contributed by atoms with Crippen molar-refractivity contribution in [3.8, 4) is 0 Å². The third kappa shape index (κ3) is 2.39. The molecule has 0 saturated heterocycles. The molecule has 0 aromatic carbocycles. The van der Waals surface area contributed by atoms with Gasteiger partial charge >= 0.3 is 5.97 Å². The van der Waals surface area contributed by atoms with Crippen LogP contribution in [0.5, 0.6) is 0 Å². The van der Waals surface area contributed by atoms with Crippen LogP contribution in [-0.2, 0) is 4.74 Å². The van der Waals surface area contributed by atoms with Crippen LogP contribution >= 0.6 is 0 Å². The maximum Gasteiger partial charge on any atom is 0.339 e. The lowest BCUT2D eigenvalue weighted by Gasteiger charge is -2.16. The van der Waals surface area contributed by atoms with Crippen LogP contribution in [-0.4, -0.2) is 32.2 Å². The van der Waals surface area contributed by atoms with E-state index in [0.717, 1.165) is 17.0 Å². The summed E-state index contributed by atoms with van der Waals surface area (Å²) in [7, 11) is 5.14. The van der Waals surface area contributed by atoms with E-state index in [4.69, 9.17) is 0 Å². The van der Waals surface area contributed by atoms with Crippen LogP contribution in [0.2, 0.25) is 0 Å². The van der Waals surface area contributed by atoms with Crippen LogP contribution in [0.15, 0.2) is 18.8 Å². The van der Waals surface area contributed by atoms with E-state index in [1.165, 1.54) is 13.3 Å². The van der Waals surface area contributed by atoms with Crippen molar-refractivity contribution in [2.24, 2.45) is 0 Å². The smallest absolute Gasteiger partial charge is 0.339 e. The van der Waals surface area contributed by atoms with Gasteiger partial charge < -0.3 is 9.64 Å². The fourth-order valence-electron chi connectivity index (χ4n) is 1.36. The molecule has 0 aliphatic heterocycles. The highest BCUT2D eigenvalue weighted by Gasteiger charge is 2.12. The lowest BCUT2D eigenvalue weighted by Crippen LogP contribution is -2.14. The van der Waals surface area contributed by atoms with Gasteiger partial charge in [-0.05, 0) is 18.6 Å². The summed E-state index contributed by atoms with van der Waals surface area (Å²) in [5, 5.41) is 0. The molecule has 0 atom stereocenters. The molecule has 1 aromatic heterocycles. The van der Waals surface area contributed by atoms with Crippen molar-refractivity contribution in [3.63, 3.8) is 0 Å². The molecule has 0 aliphatic rings. The van der Waals surface area contributed by atoms with E-state index in [0.29, 0.717) is 5.56 Å². The van der Waals surface area contributed by atoms with Gasteiger partial charge in [0.05, 0.1) is 12.7 Å². The zero-order valence-electron chi connectivity index (χ0n) is 10.1. The molecule has 4 heteroatoms. The first-order chi connectivity index (χ1) is 7.47. The molecule has 0 saturated carbocycles. The minimum Gasteiger partial charge on any atom is -0.465 e. The third-order valence-electron chi connectivity index (χ3n) is 2.17.